The number of carboxylic acids is 1. The first kappa shape index (κ1) is 13.9. The zero-order valence-corrected chi connectivity index (χ0v) is 9.46. The smallest absolute Gasteiger partial charge is 0.308 e. The van der Waals surface area contributed by atoms with Gasteiger partial charge in [-0.1, -0.05) is 29.8 Å². The summed E-state index contributed by atoms with van der Waals surface area (Å²) in [5.74, 6) is -1.30. The Balaban J connectivity index is 0.00000196. The topological polar surface area (TPSA) is 63.3 Å². The van der Waals surface area contributed by atoms with Gasteiger partial charge in [0.2, 0.25) is 0 Å². The molecule has 3 nitrogen and oxygen atoms in total. The molecule has 0 aliphatic rings. The lowest BCUT2D eigenvalue weighted by Crippen LogP contribution is -2.25. The van der Waals surface area contributed by atoms with Crippen LogP contribution in [0.3, 0.4) is 0 Å². The SMILES string of the molecule is Cc1ccc(C[C@H](CN)C(=O)O)cc1.Cl. The summed E-state index contributed by atoms with van der Waals surface area (Å²) in [6, 6.07) is 7.84. The second-order valence-corrected chi connectivity index (χ2v) is 3.46. The van der Waals surface area contributed by atoms with Crippen molar-refractivity contribution in [3.05, 3.63) is 35.4 Å². The first-order valence-electron chi connectivity index (χ1n) is 4.62. The van der Waals surface area contributed by atoms with Crippen LogP contribution in [0.15, 0.2) is 24.3 Å². The molecule has 0 aromatic heterocycles. The maximum Gasteiger partial charge on any atom is 0.308 e. The van der Waals surface area contributed by atoms with E-state index < -0.39 is 11.9 Å². The Morgan fingerprint density at radius 3 is 2.33 bits per heavy atom. The van der Waals surface area contributed by atoms with Crippen LogP contribution >= 0.6 is 12.4 Å². The molecule has 0 unspecified atom stereocenters. The van der Waals surface area contributed by atoms with Crippen molar-refractivity contribution in [3.63, 3.8) is 0 Å². The minimum absolute atomic E-state index is 0. The molecule has 1 aromatic rings. The minimum Gasteiger partial charge on any atom is -0.481 e. The molecule has 0 spiro atoms. The van der Waals surface area contributed by atoms with Gasteiger partial charge >= 0.3 is 5.97 Å². The average Bonchev–Trinajstić information content (AvgIpc) is 2.16. The molecule has 0 heterocycles. The van der Waals surface area contributed by atoms with Crippen molar-refractivity contribution in [2.75, 3.05) is 6.54 Å². The molecule has 0 amide bonds. The van der Waals surface area contributed by atoms with E-state index in [1.54, 1.807) is 0 Å². The lowest BCUT2D eigenvalue weighted by Gasteiger charge is -2.09. The summed E-state index contributed by atoms with van der Waals surface area (Å²) in [4.78, 5) is 10.7. The van der Waals surface area contributed by atoms with E-state index in [-0.39, 0.29) is 19.0 Å². The first-order valence-corrected chi connectivity index (χ1v) is 4.62. The van der Waals surface area contributed by atoms with Crippen molar-refractivity contribution < 1.29 is 9.90 Å². The first-order chi connectivity index (χ1) is 6.63. The maximum atomic E-state index is 10.7. The van der Waals surface area contributed by atoms with E-state index in [0.29, 0.717) is 6.42 Å². The Kier molecular flexibility index (Phi) is 5.97. The van der Waals surface area contributed by atoms with Crippen LogP contribution in [0.5, 0.6) is 0 Å². The summed E-state index contributed by atoms with van der Waals surface area (Å²) >= 11 is 0. The molecule has 0 fully saturated rings. The minimum atomic E-state index is -0.826. The van der Waals surface area contributed by atoms with Crippen LogP contribution in [0.2, 0.25) is 0 Å². The van der Waals surface area contributed by atoms with Gasteiger partial charge in [0.05, 0.1) is 5.92 Å². The van der Waals surface area contributed by atoms with Crippen LogP contribution in [0.1, 0.15) is 11.1 Å². The third-order valence-electron chi connectivity index (χ3n) is 2.24. The molecule has 0 saturated carbocycles. The number of halogens is 1. The molecule has 0 aliphatic heterocycles. The predicted octanol–water partition coefficient (Wildman–Crippen LogP) is 1.62. The molecular formula is C11H16ClNO2. The standard InChI is InChI=1S/C11H15NO2.ClH/c1-8-2-4-9(5-3-8)6-10(7-12)11(13)14;/h2-5,10H,6-7,12H2,1H3,(H,13,14);1H/t10-;/m1./s1. The average molecular weight is 230 g/mol. The van der Waals surface area contributed by atoms with Crippen LogP contribution in [-0.2, 0) is 11.2 Å². The van der Waals surface area contributed by atoms with Gasteiger partial charge in [-0.2, -0.15) is 0 Å². The summed E-state index contributed by atoms with van der Waals surface area (Å²) in [6.07, 6.45) is 0.506. The highest BCUT2D eigenvalue weighted by molar-refractivity contribution is 5.85. The van der Waals surface area contributed by atoms with Gasteiger partial charge in [-0.25, -0.2) is 0 Å². The van der Waals surface area contributed by atoms with E-state index in [0.717, 1.165) is 5.56 Å². The van der Waals surface area contributed by atoms with E-state index in [1.807, 2.05) is 31.2 Å². The molecule has 1 aromatic carbocycles. The summed E-state index contributed by atoms with van der Waals surface area (Å²) in [5.41, 5.74) is 7.57. The highest BCUT2D eigenvalue weighted by atomic mass is 35.5. The predicted molar refractivity (Wildman–Crippen MR) is 62.3 cm³/mol. The lowest BCUT2D eigenvalue weighted by atomic mass is 9.99. The van der Waals surface area contributed by atoms with E-state index in [2.05, 4.69) is 0 Å². The van der Waals surface area contributed by atoms with Gasteiger partial charge in [0.1, 0.15) is 0 Å². The van der Waals surface area contributed by atoms with Crippen molar-refractivity contribution in [2.45, 2.75) is 13.3 Å². The monoisotopic (exact) mass is 229 g/mol. The summed E-state index contributed by atoms with van der Waals surface area (Å²) in [6.45, 7) is 2.19. The second-order valence-electron chi connectivity index (χ2n) is 3.46. The van der Waals surface area contributed by atoms with Crippen LogP contribution in [0.25, 0.3) is 0 Å². The van der Waals surface area contributed by atoms with Gasteiger partial charge in [0, 0.05) is 6.54 Å². The van der Waals surface area contributed by atoms with E-state index in [9.17, 15) is 4.79 Å². The number of aryl methyl sites for hydroxylation is 1. The highest BCUT2D eigenvalue weighted by Gasteiger charge is 2.15. The normalized spacial score (nSPS) is 11.6. The van der Waals surface area contributed by atoms with Crippen molar-refractivity contribution in [1.29, 1.82) is 0 Å². The Morgan fingerprint density at radius 2 is 1.93 bits per heavy atom. The maximum absolute atomic E-state index is 10.7. The van der Waals surface area contributed by atoms with Gasteiger partial charge in [-0.3, -0.25) is 4.79 Å². The molecule has 0 saturated heterocycles. The molecule has 84 valence electrons. The quantitative estimate of drug-likeness (QED) is 0.825. The number of aliphatic carboxylic acids is 1. The van der Waals surface area contributed by atoms with Crippen LogP contribution < -0.4 is 5.73 Å². The van der Waals surface area contributed by atoms with Gasteiger partial charge < -0.3 is 10.8 Å². The van der Waals surface area contributed by atoms with E-state index >= 15 is 0 Å². The van der Waals surface area contributed by atoms with Crippen molar-refractivity contribution >= 4 is 18.4 Å². The van der Waals surface area contributed by atoms with Crippen LogP contribution in [0, 0.1) is 12.8 Å². The summed E-state index contributed by atoms with van der Waals surface area (Å²) in [7, 11) is 0. The number of carboxylic acid groups (broad SMARTS) is 1. The third-order valence-corrected chi connectivity index (χ3v) is 2.24. The molecule has 0 aliphatic carbocycles. The number of carbonyl (C=O) groups is 1. The molecule has 3 N–H and O–H groups in total. The van der Waals surface area contributed by atoms with Crippen molar-refractivity contribution in [2.24, 2.45) is 11.7 Å². The zero-order chi connectivity index (χ0) is 10.6. The van der Waals surface area contributed by atoms with E-state index in [4.69, 9.17) is 10.8 Å². The van der Waals surface area contributed by atoms with Crippen molar-refractivity contribution in [3.8, 4) is 0 Å². The highest BCUT2D eigenvalue weighted by Crippen LogP contribution is 2.09. The molecule has 0 radical (unpaired) electrons. The molecule has 0 bridgehead atoms. The molecule has 4 heteroatoms. The number of hydrogen-bond donors (Lipinski definition) is 2. The third kappa shape index (κ3) is 4.32. The Bertz CT molecular complexity index is 311. The van der Waals surface area contributed by atoms with E-state index in [1.165, 1.54) is 5.56 Å². The van der Waals surface area contributed by atoms with Gasteiger partial charge in [0.25, 0.3) is 0 Å². The van der Waals surface area contributed by atoms with Crippen LogP contribution in [-0.4, -0.2) is 17.6 Å². The Hall–Kier alpha value is -1.06. The van der Waals surface area contributed by atoms with Crippen molar-refractivity contribution in [1.82, 2.24) is 0 Å². The van der Waals surface area contributed by atoms with Gasteiger partial charge in [-0.15, -0.1) is 12.4 Å². The Labute approximate surface area is 95.7 Å². The van der Waals surface area contributed by atoms with Gasteiger partial charge in [0.15, 0.2) is 0 Å². The van der Waals surface area contributed by atoms with Crippen LogP contribution in [0.4, 0.5) is 0 Å². The second kappa shape index (κ2) is 6.43. The van der Waals surface area contributed by atoms with Gasteiger partial charge in [-0.05, 0) is 18.9 Å². The number of nitrogens with two attached hydrogens (primary N) is 1. The fraction of sp³-hybridized carbons (Fsp3) is 0.364. The zero-order valence-electron chi connectivity index (χ0n) is 8.64. The molecule has 1 atom stereocenters. The molecule has 1 rings (SSSR count). The molecular weight excluding hydrogens is 214 g/mol. The summed E-state index contributed by atoms with van der Waals surface area (Å²) < 4.78 is 0. The lowest BCUT2D eigenvalue weighted by molar-refractivity contribution is -0.141. The molecule has 15 heavy (non-hydrogen) atoms. The fourth-order valence-electron chi connectivity index (χ4n) is 1.28. The number of benzene rings is 1. The summed E-state index contributed by atoms with van der Waals surface area (Å²) in [5, 5.41) is 8.81. The number of rotatable bonds is 4. The number of hydrogen-bond acceptors (Lipinski definition) is 2. The largest absolute Gasteiger partial charge is 0.481 e. The fourth-order valence-corrected chi connectivity index (χ4v) is 1.28. The Morgan fingerprint density at radius 1 is 1.40 bits per heavy atom.